The molecule has 1 heterocycles. The van der Waals surface area contributed by atoms with Crippen molar-refractivity contribution in [3.05, 3.63) is 58.1 Å². The minimum atomic E-state index is -3.65. The number of hydrogen-bond donors (Lipinski definition) is 1. The molecule has 0 bridgehead atoms. The van der Waals surface area contributed by atoms with Gasteiger partial charge in [0.2, 0.25) is 10.0 Å². The Morgan fingerprint density at radius 2 is 1.89 bits per heavy atom. The van der Waals surface area contributed by atoms with E-state index < -0.39 is 15.9 Å². The summed E-state index contributed by atoms with van der Waals surface area (Å²) >= 11 is 12.1. The summed E-state index contributed by atoms with van der Waals surface area (Å²) in [6.07, 6.45) is 2.71. The highest BCUT2D eigenvalue weighted by Gasteiger charge is 2.31. The first-order valence-electron chi connectivity index (χ1n) is 8.68. The van der Waals surface area contributed by atoms with Gasteiger partial charge in [-0.1, -0.05) is 41.8 Å². The van der Waals surface area contributed by atoms with Crippen LogP contribution in [0.4, 0.5) is 5.69 Å². The number of halogens is 2. The van der Waals surface area contributed by atoms with E-state index in [9.17, 15) is 13.2 Å². The Morgan fingerprint density at radius 3 is 2.63 bits per heavy atom. The van der Waals surface area contributed by atoms with Gasteiger partial charge in [-0.05, 0) is 50.1 Å². The van der Waals surface area contributed by atoms with Gasteiger partial charge in [0.1, 0.15) is 0 Å². The van der Waals surface area contributed by atoms with Crippen LogP contribution >= 0.6 is 23.2 Å². The van der Waals surface area contributed by atoms with E-state index in [1.54, 1.807) is 30.3 Å². The molecule has 2 aromatic carbocycles. The largest absolute Gasteiger partial charge is 0.321 e. The molecule has 0 spiro atoms. The predicted molar refractivity (Wildman–Crippen MR) is 108 cm³/mol. The standard InChI is InChI=1S/C19H20Cl2N2O3S/c1-13-6-2-3-11-23(13)27(25,26)15-8-4-7-14(12-15)19(24)22-17-10-5-9-16(20)18(17)21/h4-5,7-10,12-13H,2-3,6,11H2,1H3,(H,22,24). The first kappa shape index (κ1) is 20.1. The first-order valence-corrected chi connectivity index (χ1v) is 10.9. The average Bonchev–Trinajstić information content (AvgIpc) is 2.65. The van der Waals surface area contributed by atoms with Crippen LogP contribution in [0.15, 0.2) is 47.4 Å². The molecule has 1 atom stereocenters. The number of carbonyl (C=O) groups is 1. The highest BCUT2D eigenvalue weighted by molar-refractivity contribution is 7.89. The molecule has 1 unspecified atom stereocenters. The van der Waals surface area contributed by atoms with Crippen molar-refractivity contribution in [2.75, 3.05) is 11.9 Å². The van der Waals surface area contributed by atoms with Crippen LogP contribution < -0.4 is 5.32 Å². The molecule has 144 valence electrons. The van der Waals surface area contributed by atoms with Gasteiger partial charge in [0.15, 0.2) is 0 Å². The molecule has 2 aromatic rings. The maximum absolute atomic E-state index is 13.0. The van der Waals surface area contributed by atoms with Crippen LogP contribution in [-0.4, -0.2) is 31.2 Å². The molecular formula is C19H20Cl2N2O3S. The number of anilines is 1. The number of sulfonamides is 1. The third kappa shape index (κ3) is 4.29. The molecule has 1 aliphatic rings. The van der Waals surface area contributed by atoms with Gasteiger partial charge in [0, 0.05) is 18.2 Å². The molecule has 5 nitrogen and oxygen atoms in total. The molecule has 3 rings (SSSR count). The molecule has 27 heavy (non-hydrogen) atoms. The molecule has 1 saturated heterocycles. The second-order valence-corrected chi connectivity index (χ2v) is 9.22. The summed E-state index contributed by atoms with van der Waals surface area (Å²) in [6.45, 7) is 2.41. The fourth-order valence-electron chi connectivity index (χ4n) is 3.16. The van der Waals surface area contributed by atoms with Gasteiger partial charge < -0.3 is 5.32 Å². The number of rotatable bonds is 4. The molecule has 0 radical (unpaired) electrons. The number of benzene rings is 2. The summed E-state index contributed by atoms with van der Waals surface area (Å²) in [7, 11) is -3.65. The lowest BCUT2D eigenvalue weighted by Crippen LogP contribution is -2.41. The maximum Gasteiger partial charge on any atom is 0.255 e. The van der Waals surface area contributed by atoms with E-state index >= 15 is 0 Å². The van der Waals surface area contributed by atoms with Gasteiger partial charge in [0.05, 0.1) is 20.6 Å². The molecule has 0 aromatic heterocycles. The summed E-state index contributed by atoms with van der Waals surface area (Å²) in [4.78, 5) is 12.7. The molecule has 0 aliphatic carbocycles. The lowest BCUT2D eigenvalue weighted by molar-refractivity contribution is 0.102. The van der Waals surface area contributed by atoms with Crippen LogP contribution in [0.5, 0.6) is 0 Å². The number of piperidine rings is 1. The number of nitrogens with one attached hydrogen (secondary N) is 1. The maximum atomic E-state index is 13.0. The third-order valence-corrected chi connectivity index (χ3v) is 7.47. The van der Waals surface area contributed by atoms with Crippen LogP contribution in [0.3, 0.4) is 0 Å². The molecule has 8 heteroatoms. The number of amides is 1. The van der Waals surface area contributed by atoms with Crippen LogP contribution in [0.2, 0.25) is 10.0 Å². The quantitative estimate of drug-likeness (QED) is 0.762. The van der Waals surface area contributed by atoms with Crippen molar-refractivity contribution in [3.63, 3.8) is 0 Å². The second kappa shape index (κ2) is 8.19. The highest BCUT2D eigenvalue weighted by Crippen LogP contribution is 2.30. The van der Waals surface area contributed by atoms with E-state index in [4.69, 9.17) is 23.2 Å². The lowest BCUT2D eigenvalue weighted by Gasteiger charge is -2.32. The zero-order chi connectivity index (χ0) is 19.6. The van der Waals surface area contributed by atoms with Crippen LogP contribution in [0.25, 0.3) is 0 Å². The second-order valence-electron chi connectivity index (χ2n) is 6.54. The molecule has 1 N–H and O–H groups in total. The number of carbonyl (C=O) groups excluding carboxylic acids is 1. The average molecular weight is 427 g/mol. The monoisotopic (exact) mass is 426 g/mol. The van der Waals surface area contributed by atoms with E-state index in [0.717, 1.165) is 19.3 Å². The Bertz CT molecular complexity index is 963. The fraction of sp³-hybridized carbons (Fsp3) is 0.316. The van der Waals surface area contributed by atoms with E-state index in [1.165, 1.54) is 16.4 Å². The van der Waals surface area contributed by atoms with Gasteiger partial charge in [-0.15, -0.1) is 0 Å². The first-order chi connectivity index (χ1) is 12.8. The van der Waals surface area contributed by atoms with Crippen molar-refractivity contribution in [1.29, 1.82) is 0 Å². The molecule has 1 fully saturated rings. The van der Waals surface area contributed by atoms with Gasteiger partial charge in [-0.3, -0.25) is 4.79 Å². The lowest BCUT2D eigenvalue weighted by atomic mass is 10.1. The summed E-state index contributed by atoms with van der Waals surface area (Å²) in [5.74, 6) is -0.456. The van der Waals surface area contributed by atoms with Crippen molar-refractivity contribution < 1.29 is 13.2 Å². The smallest absolute Gasteiger partial charge is 0.255 e. The number of nitrogens with zero attached hydrogens (tertiary/aromatic N) is 1. The number of hydrogen-bond acceptors (Lipinski definition) is 3. The van der Waals surface area contributed by atoms with Crippen molar-refractivity contribution in [2.45, 2.75) is 37.1 Å². The van der Waals surface area contributed by atoms with Gasteiger partial charge in [0.25, 0.3) is 5.91 Å². The molecule has 1 aliphatic heterocycles. The van der Waals surface area contributed by atoms with Crippen molar-refractivity contribution >= 4 is 44.8 Å². The highest BCUT2D eigenvalue weighted by atomic mass is 35.5. The molecular weight excluding hydrogens is 407 g/mol. The van der Waals surface area contributed by atoms with Gasteiger partial charge in [-0.2, -0.15) is 4.31 Å². The topological polar surface area (TPSA) is 66.5 Å². The van der Waals surface area contributed by atoms with E-state index in [2.05, 4.69) is 5.32 Å². The van der Waals surface area contributed by atoms with E-state index in [0.29, 0.717) is 17.3 Å². The molecule has 0 saturated carbocycles. The van der Waals surface area contributed by atoms with Crippen molar-refractivity contribution in [1.82, 2.24) is 4.31 Å². The SMILES string of the molecule is CC1CCCCN1S(=O)(=O)c1cccc(C(=O)Nc2cccc(Cl)c2Cl)c1. The Labute approximate surface area is 169 Å². The van der Waals surface area contributed by atoms with E-state index in [1.807, 2.05) is 6.92 Å². The zero-order valence-electron chi connectivity index (χ0n) is 14.8. The Balaban J connectivity index is 1.86. The Morgan fingerprint density at radius 1 is 1.15 bits per heavy atom. The normalized spacial score (nSPS) is 18.3. The summed E-state index contributed by atoms with van der Waals surface area (Å²) in [5.41, 5.74) is 0.601. The van der Waals surface area contributed by atoms with Crippen molar-refractivity contribution in [2.24, 2.45) is 0 Å². The minimum absolute atomic E-state index is 0.0495. The minimum Gasteiger partial charge on any atom is -0.321 e. The zero-order valence-corrected chi connectivity index (χ0v) is 17.1. The fourth-order valence-corrected chi connectivity index (χ4v) is 5.25. The van der Waals surface area contributed by atoms with Gasteiger partial charge >= 0.3 is 0 Å². The third-order valence-electron chi connectivity index (χ3n) is 4.64. The van der Waals surface area contributed by atoms with Crippen molar-refractivity contribution in [3.8, 4) is 0 Å². The predicted octanol–water partition coefficient (Wildman–Crippen LogP) is 4.81. The van der Waals surface area contributed by atoms with Crippen LogP contribution in [0.1, 0.15) is 36.5 Å². The summed E-state index contributed by atoms with van der Waals surface area (Å²) < 4.78 is 27.5. The van der Waals surface area contributed by atoms with E-state index in [-0.39, 0.29) is 21.5 Å². The molecule has 1 amide bonds. The summed E-state index contributed by atoms with van der Waals surface area (Å²) in [6, 6.07) is 10.9. The van der Waals surface area contributed by atoms with Crippen LogP contribution in [0, 0.1) is 0 Å². The summed E-state index contributed by atoms with van der Waals surface area (Å²) in [5, 5.41) is 3.23. The Hall–Kier alpha value is -1.60. The van der Waals surface area contributed by atoms with Gasteiger partial charge in [-0.25, -0.2) is 8.42 Å². The van der Waals surface area contributed by atoms with Crippen LogP contribution in [-0.2, 0) is 10.0 Å². The Kier molecular flexibility index (Phi) is 6.11.